The van der Waals surface area contributed by atoms with Crippen LogP contribution in [0.25, 0.3) is 0 Å². The molecule has 0 aromatic heterocycles. The highest BCUT2D eigenvalue weighted by Gasteiger charge is 2.31. The molecule has 2 atom stereocenters. The molecule has 2 N–H and O–H groups in total. The first-order valence-corrected chi connectivity index (χ1v) is 7.62. The van der Waals surface area contributed by atoms with Crippen molar-refractivity contribution in [2.75, 3.05) is 38.2 Å². The quantitative estimate of drug-likeness (QED) is 0.916. The van der Waals surface area contributed by atoms with Crippen molar-refractivity contribution in [3.63, 3.8) is 0 Å². The van der Waals surface area contributed by atoms with E-state index >= 15 is 0 Å². The Kier molecular flexibility index (Phi) is 3.85. The van der Waals surface area contributed by atoms with Crippen LogP contribution in [0.1, 0.15) is 31.4 Å². The van der Waals surface area contributed by atoms with Gasteiger partial charge in [0.05, 0.1) is 7.11 Å². The molecule has 2 saturated heterocycles. The number of nitrogens with two attached hydrogens (primary N) is 1. The van der Waals surface area contributed by atoms with Crippen LogP contribution in [0.4, 0.5) is 5.69 Å². The van der Waals surface area contributed by atoms with Crippen molar-refractivity contribution in [1.82, 2.24) is 4.90 Å². The summed E-state index contributed by atoms with van der Waals surface area (Å²) in [6.07, 6.45) is 2.67. The number of benzene rings is 1. The van der Waals surface area contributed by atoms with Gasteiger partial charge in [-0.2, -0.15) is 0 Å². The first kappa shape index (κ1) is 13.7. The summed E-state index contributed by atoms with van der Waals surface area (Å²) in [5, 5.41) is 0. The standard InChI is InChI=1S/C16H25N3O/c1-12(17)16-14(6-3-7-15(16)20-2)19-10-9-18-8-4-5-13(18)11-19/h3,6-7,12-13H,4-5,8-11,17H2,1-2H3. The fourth-order valence-electron chi connectivity index (χ4n) is 3.65. The number of hydrogen-bond donors (Lipinski definition) is 1. The zero-order valence-corrected chi connectivity index (χ0v) is 12.5. The number of rotatable bonds is 3. The molecule has 0 radical (unpaired) electrons. The number of ether oxygens (including phenoxy) is 1. The highest BCUT2D eigenvalue weighted by molar-refractivity contribution is 5.61. The van der Waals surface area contributed by atoms with Crippen LogP contribution in [0.3, 0.4) is 0 Å². The minimum Gasteiger partial charge on any atom is -0.496 e. The average molecular weight is 275 g/mol. The van der Waals surface area contributed by atoms with Gasteiger partial charge in [-0.1, -0.05) is 6.07 Å². The Morgan fingerprint density at radius 1 is 1.30 bits per heavy atom. The number of hydrogen-bond acceptors (Lipinski definition) is 4. The van der Waals surface area contributed by atoms with E-state index in [-0.39, 0.29) is 6.04 Å². The molecule has 4 nitrogen and oxygen atoms in total. The van der Waals surface area contributed by atoms with Gasteiger partial charge in [-0.25, -0.2) is 0 Å². The lowest BCUT2D eigenvalue weighted by Crippen LogP contribution is -2.50. The molecular formula is C16H25N3O. The minimum absolute atomic E-state index is 0.0113. The van der Waals surface area contributed by atoms with Crippen LogP contribution in [-0.2, 0) is 0 Å². The highest BCUT2D eigenvalue weighted by atomic mass is 16.5. The molecule has 0 amide bonds. The Morgan fingerprint density at radius 3 is 2.90 bits per heavy atom. The van der Waals surface area contributed by atoms with E-state index in [2.05, 4.69) is 21.9 Å². The molecule has 2 aliphatic heterocycles. The molecule has 2 heterocycles. The first-order chi connectivity index (χ1) is 9.70. The molecule has 0 bridgehead atoms. The van der Waals surface area contributed by atoms with E-state index < -0.39 is 0 Å². The van der Waals surface area contributed by atoms with Crippen molar-refractivity contribution in [2.45, 2.75) is 31.8 Å². The lowest BCUT2D eigenvalue weighted by molar-refractivity contribution is 0.230. The summed E-state index contributed by atoms with van der Waals surface area (Å²) >= 11 is 0. The van der Waals surface area contributed by atoms with Crippen molar-refractivity contribution in [3.8, 4) is 5.75 Å². The maximum atomic E-state index is 6.19. The van der Waals surface area contributed by atoms with E-state index in [9.17, 15) is 0 Å². The molecule has 0 spiro atoms. The third-order valence-electron chi connectivity index (χ3n) is 4.65. The van der Waals surface area contributed by atoms with Gasteiger partial charge in [0.15, 0.2) is 0 Å². The van der Waals surface area contributed by atoms with E-state index in [0.717, 1.165) is 30.4 Å². The zero-order chi connectivity index (χ0) is 14.1. The summed E-state index contributed by atoms with van der Waals surface area (Å²) < 4.78 is 5.51. The summed E-state index contributed by atoms with van der Waals surface area (Å²) in [5.41, 5.74) is 8.58. The van der Waals surface area contributed by atoms with Gasteiger partial charge in [-0.15, -0.1) is 0 Å². The normalized spacial score (nSPS) is 24.6. The summed E-state index contributed by atoms with van der Waals surface area (Å²) in [5.74, 6) is 0.909. The summed E-state index contributed by atoms with van der Waals surface area (Å²) in [4.78, 5) is 5.12. The SMILES string of the molecule is COc1cccc(N2CCN3CCCC3C2)c1C(C)N. The third kappa shape index (κ3) is 2.38. The van der Waals surface area contributed by atoms with Gasteiger partial charge >= 0.3 is 0 Å². The summed E-state index contributed by atoms with van der Waals surface area (Å²) in [6, 6.07) is 6.97. The molecule has 110 valence electrons. The van der Waals surface area contributed by atoms with Crippen LogP contribution < -0.4 is 15.4 Å². The summed E-state index contributed by atoms with van der Waals surface area (Å²) in [6.45, 7) is 6.68. The molecular weight excluding hydrogens is 250 g/mol. The van der Waals surface area contributed by atoms with Gasteiger partial charge in [-0.3, -0.25) is 4.90 Å². The Balaban J connectivity index is 1.89. The predicted octanol–water partition coefficient (Wildman–Crippen LogP) is 2.00. The summed E-state index contributed by atoms with van der Waals surface area (Å²) in [7, 11) is 1.72. The van der Waals surface area contributed by atoms with Crippen LogP contribution in [-0.4, -0.2) is 44.2 Å². The van der Waals surface area contributed by atoms with Gasteiger partial charge in [0.2, 0.25) is 0 Å². The number of nitrogens with zero attached hydrogens (tertiary/aromatic N) is 2. The van der Waals surface area contributed by atoms with Gasteiger partial charge in [0.25, 0.3) is 0 Å². The van der Waals surface area contributed by atoms with Crippen LogP contribution in [0.2, 0.25) is 0 Å². The molecule has 20 heavy (non-hydrogen) atoms. The minimum atomic E-state index is -0.0113. The second-order valence-corrected chi connectivity index (χ2v) is 5.96. The monoisotopic (exact) mass is 275 g/mol. The number of fused-ring (bicyclic) bond motifs is 1. The Labute approximate surface area is 121 Å². The van der Waals surface area contributed by atoms with Crippen molar-refractivity contribution in [2.24, 2.45) is 5.73 Å². The Hall–Kier alpha value is -1.26. The average Bonchev–Trinajstić information content (AvgIpc) is 2.93. The zero-order valence-electron chi connectivity index (χ0n) is 12.5. The first-order valence-electron chi connectivity index (χ1n) is 7.62. The lowest BCUT2D eigenvalue weighted by atomic mass is 10.0. The van der Waals surface area contributed by atoms with Crippen LogP contribution in [0.15, 0.2) is 18.2 Å². The predicted molar refractivity (Wildman–Crippen MR) is 82.4 cm³/mol. The Morgan fingerprint density at radius 2 is 2.15 bits per heavy atom. The van der Waals surface area contributed by atoms with Gasteiger partial charge in [0, 0.05) is 43.0 Å². The van der Waals surface area contributed by atoms with Crippen LogP contribution >= 0.6 is 0 Å². The molecule has 1 aromatic rings. The smallest absolute Gasteiger partial charge is 0.125 e. The molecule has 1 aromatic carbocycles. The van der Waals surface area contributed by atoms with E-state index in [1.165, 1.54) is 31.6 Å². The van der Waals surface area contributed by atoms with Crippen molar-refractivity contribution in [1.29, 1.82) is 0 Å². The van der Waals surface area contributed by atoms with Crippen molar-refractivity contribution >= 4 is 5.69 Å². The van der Waals surface area contributed by atoms with Gasteiger partial charge in [0.1, 0.15) is 5.75 Å². The number of methoxy groups -OCH3 is 1. The third-order valence-corrected chi connectivity index (χ3v) is 4.65. The molecule has 4 heteroatoms. The Bertz CT molecular complexity index is 475. The molecule has 3 rings (SSSR count). The van der Waals surface area contributed by atoms with Crippen LogP contribution in [0, 0.1) is 0 Å². The molecule has 2 unspecified atom stereocenters. The van der Waals surface area contributed by atoms with E-state index in [1.807, 2.05) is 13.0 Å². The maximum absolute atomic E-state index is 6.19. The fraction of sp³-hybridized carbons (Fsp3) is 0.625. The van der Waals surface area contributed by atoms with E-state index in [4.69, 9.17) is 10.5 Å². The fourth-order valence-corrected chi connectivity index (χ4v) is 3.65. The van der Waals surface area contributed by atoms with E-state index in [1.54, 1.807) is 7.11 Å². The second kappa shape index (κ2) is 5.62. The van der Waals surface area contributed by atoms with Crippen molar-refractivity contribution < 1.29 is 4.74 Å². The molecule has 0 aliphatic carbocycles. The van der Waals surface area contributed by atoms with Crippen LogP contribution in [0.5, 0.6) is 5.75 Å². The largest absolute Gasteiger partial charge is 0.496 e. The topological polar surface area (TPSA) is 41.7 Å². The lowest BCUT2D eigenvalue weighted by Gasteiger charge is -2.40. The number of anilines is 1. The highest BCUT2D eigenvalue weighted by Crippen LogP contribution is 2.35. The second-order valence-electron chi connectivity index (χ2n) is 5.96. The maximum Gasteiger partial charge on any atom is 0.125 e. The number of piperazine rings is 1. The molecule has 2 aliphatic rings. The molecule has 0 saturated carbocycles. The van der Waals surface area contributed by atoms with Gasteiger partial charge < -0.3 is 15.4 Å². The molecule has 2 fully saturated rings. The van der Waals surface area contributed by atoms with Gasteiger partial charge in [-0.05, 0) is 38.4 Å². The van der Waals surface area contributed by atoms with E-state index in [0.29, 0.717) is 0 Å². The van der Waals surface area contributed by atoms with Crippen molar-refractivity contribution in [3.05, 3.63) is 23.8 Å².